The molecule has 0 amide bonds. The first-order chi connectivity index (χ1) is 3.18. The molecule has 0 N–H and O–H groups in total. The molecule has 0 fully saturated rings. The fourth-order valence-corrected chi connectivity index (χ4v) is 0.144. The van der Waals surface area contributed by atoms with E-state index in [-0.39, 0.29) is 5.78 Å². The Bertz CT molecular complexity index is 97.9. The Balaban J connectivity index is 3.58. The molecule has 0 radical (unpaired) electrons. The molecule has 2 nitrogen and oxygen atoms in total. The molecule has 7 heavy (non-hydrogen) atoms. The number of hydrogen-bond acceptors (Lipinski definition) is 2. The summed E-state index contributed by atoms with van der Waals surface area (Å²) in [6, 6.07) is 0. The van der Waals surface area contributed by atoms with Crippen LogP contribution in [0.5, 0.6) is 0 Å². The zero-order valence-electron chi connectivity index (χ0n) is 4.22. The molecule has 40 valence electrons. The van der Waals surface area contributed by atoms with Gasteiger partial charge in [0.05, 0.1) is 0 Å². The summed E-state index contributed by atoms with van der Waals surface area (Å²) in [4.78, 5) is 10.2. The Kier molecular flexibility index (Phi) is 2.88. The minimum absolute atomic E-state index is 0.0671. The Morgan fingerprint density at radius 3 is 2.14 bits per heavy atom. The number of ether oxygens (including phenoxy) is 1. The second-order valence-corrected chi connectivity index (χ2v) is 1.83. The van der Waals surface area contributed by atoms with Gasteiger partial charge < -0.3 is 0 Å². The van der Waals surface area contributed by atoms with E-state index in [2.05, 4.69) is 20.3 Å². The second-order valence-electron chi connectivity index (χ2n) is 1.05. The van der Waals surface area contributed by atoms with E-state index in [0.717, 1.165) is 0 Å². The van der Waals surface area contributed by atoms with Crippen molar-refractivity contribution in [2.45, 2.75) is 6.92 Å². The maximum absolute atomic E-state index is 10.2. The first-order valence-electron chi connectivity index (χ1n) is 1.77. The summed E-state index contributed by atoms with van der Waals surface area (Å²) in [6.45, 7) is 1.44. The van der Waals surface area contributed by atoms with Gasteiger partial charge in [-0.25, -0.2) is 0 Å². The molecule has 0 atom stereocenters. The van der Waals surface area contributed by atoms with Gasteiger partial charge in [-0.2, -0.15) is 0 Å². The van der Waals surface area contributed by atoms with Crippen molar-refractivity contribution >= 4 is 26.0 Å². The van der Waals surface area contributed by atoms with Gasteiger partial charge in [-0.05, 0) is 0 Å². The van der Waals surface area contributed by atoms with Gasteiger partial charge in [0, 0.05) is 0 Å². The molecule has 0 saturated heterocycles. The topological polar surface area (TPSA) is 26.3 Å². The van der Waals surface area contributed by atoms with E-state index in [0.29, 0.717) is 4.60 Å². The van der Waals surface area contributed by atoms with Gasteiger partial charge in [0.15, 0.2) is 0 Å². The van der Waals surface area contributed by atoms with Crippen molar-refractivity contribution in [1.29, 1.82) is 0 Å². The summed E-state index contributed by atoms with van der Waals surface area (Å²) in [7, 11) is 1.45. The molecule has 3 heteroatoms. The predicted octanol–water partition coefficient (Wildman–Crippen LogP) is -0.480. The molecule has 0 bridgehead atoms. The summed E-state index contributed by atoms with van der Waals surface area (Å²) in [6.07, 6.45) is 0. The van der Waals surface area contributed by atoms with Crippen molar-refractivity contribution in [3.63, 3.8) is 0 Å². The average molecular weight is 165 g/mol. The first-order valence-corrected chi connectivity index (χ1v) is 2.63. The molecule has 0 aliphatic heterocycles. The van der Waals surface area contributed by atoms with E-state index in [9.17, 15) is 4.79 Å². The SMILES string of the molecule is COC(=[Se])C(C)=O. The van der Waals surface area contributed by atoms with Crippen LogP contribution in [0.1, 0.15) is 6.92 Å². The van der Waals surface area contributed by atoms with Crippen molar-refractivity contribution in [3.8, 4) is 0 Å². The van der Waals surface area contributed by atoms with Crippen LogP contribution in [0.3, 0.4) is 0 Å². The van der Waals surface area contributed by atoms with Gasteiger partial charge in [-0.15, -0.1) is 0 Å². The molecular formula is C4H6O2Se. The Labute approximate surface area is 50.2 Å². The van der Waals surface area contributed by atoms with Crippen LogP contribution >= 0.6 is 0 Å². The van der Waals surface area contributed by atoms with Crippen LogP contribution in [-0.4, -0.2) is 33.1 Å². The summed E-state index contributed by atoms with van der Waals surface area (Å²) < 4.78 is 4.86. The minimum atomic E-state index is -0.0671. The second kappa shape index (κ2) is 2.94. The van der Waals surface area contributed by atoms with Gasteiger partial charge >= 0.3 is 49.5 Å². The number of methoxy groups -OCH3 is 1. The zero-order chi connectivity index (χ0) is 5.86. The quantitative estimate of drug-likeness (QED) is 0.516. The van der Waals surface area contributed by atoms with Gasteiger partial charge in [0.25, 0.3) is 0 Å². The van der Waals surface area contributed by atoms with Crippen LogP contribution in [0.2, 0.25) is 0 Å². The van der Waals surface area contributed by atoms with Crippen LogP contribution in [0, 0.1) is 0 Å². The number of ketones is 1. The molecule has 0 spiro atoms. The zero-order valence-corrected chi connectivity index (χ0v) is 5.94. The summed E-state index contributed by atoms with van der Waals surface area (Å²) in [5.74, 6) is -0.0671. The number of hydrogen-bond donors (Lipinski definition) is 0. The number of rotatable bonds is 2. The van der Waals surface area contributed by atoms with Crippen LogP contribution in [0.25, 0.3) is 0 Å². The predicted molar refractivity (Wildman–Crippen MR) is 28.5 cm³/mol. The van der Waals surface area contributed by atoms with Gasteiger partial charge in [0.1, 0.15) is 0 Å². The van der Waals surface area contributed by atoms with E-state index in [4.69, 9.17) is 0 Å². The molecule has 0 aliphatic rings. The van der Waals surface area contributed by atoms with Crippen LogP contribution in [0.15, 0.2) is 0 Å². The molecule has 0 rings (SSSR count). The van der Waals surface area contributed by atoms with E-state index < -0.39 is 0 Å². The molecule has 0 saturated carbocycles. The third kappa shape index (κ3) is 2.54. The van der Waals surface area contributed by atoms with Gasteiger partial charge in [-0.3, -0.25) is 0 Å². The molecule has 0 aromatic rings. The summed E-state index contributed by atoms with van der Waals surface area (Å²) in [5.41, 5.74) is 0. The van der Waals surface area contributed by atoms with Gasteiger partial charge in [-0.1, -0.05) is 0 Å². The van der Waals surface area contributed by atoms with Crippen molar-refractivity contribution in [2.75, 3.05) is 7.11 Å². The Morgan fingerprint density at radius 2 is 2.14 bits per heavy atom. The third-order valence-corrected chi connectivity index (χ3v) is 1.43. The van der Waals surface area contributed by atoms with Crippen LogP contribution in [0.4, 0.5) is 0 Å². The normalized spacial score (nSPS) is 7.71. The number of carbonyl (C=O) groups excluding carboxylic acids is 1. The van der Waals surface area contributed by atoms with Crippen LogP contribution < -0.4 is 0 Å². The molecule has 0 unspecified atom stereocenters. The maximum atomic E-state index is 10.2. The van der Waals surface area contributed by atoms with E-state index in [1.807, 2.05) is 0 Å². The van der Waals surface area contributed by atoms with E-state index in [1.165, 1.54) is 14.0 Å². The van der Waals surface area contributed by atoms with E-state index >= 15 is 0 Å². The van der Waals surface area contributed by atoms with Crippen molar-refractivity contribution in [3.05, 3.63) is 0 Å². The third-order valence-electron chi connectivity index (χ3n) is 0.473. The van der Waals surface area contributed by atoms with Crippen molar-refractivity contribution < 1.29 is 9.53 Å². The van der Waals surface area contributed by atoms with Gasteiger partial charge in [0.2, 0.25) is 0 Å². The molecule has 0 heterocycles. The van der Waals surface area contributed by atoms with E-state index in [1.54, 1.807) is 0 Å². The Morgan fingerprint density at radius 1 is 1.71 bits per heavy atom. The molecule has 0 aromatic heterocycles. The van der Waals surface area contributed by atoms with Crippen molar-refractivity contribution in [1.82, 2.24) is 0 Å². The molecule has 0 aromatic carbocycles. The molecule has 0 aliphatic carbocycles. The first kappa shape index (κ1) is 6.86. The fourth-order valence-electron chi connectivity index (χ4n) is 0.144. The van der Waals surface area contributed by atoms with Crippen molar-refractivity contribution in [2.24, 2.45) is 0 Å². The number of Topliss-reactive ketones (excluding diaryl/α,β-unsaturated/α-hetero) is 1. The fraction of sp³-hybridized carbons (Fsp3) is 0.500. The monoisotopic (exact) mass is 166 g/mol. The summed E-state index contributed by atoms with van der Waals surface area (Å²) in [5, 5.41) is 0. The average Bonchev–Trinajstić information content (AvgIpc) is 1.65. The standard InChI is InChI=1S/C4H6O2Se/c1-3(5)4(7)6-2/h1-2H3. The number of carbonyl (C=O) groups is 1. The Hall–Kier alpha value is -0.141. The van der Waals surface area contributed by atoms with Crippen LogP contribution in [-0.2, 0) is 9.53 Å². The summed E-state index contributed by atoms with van der Waals surface area (Å²) >= 11 is 2.47. The molecular weight excluding hydrogens is 159 g/mol.